The molecule has 0 saturated carbocycles. The van der Waals surface area contributed by atoms with Crippen LogP contribution in [0.15, 0.2) is 54.7 Å². The minimum atomic E-state index is -4.51. The number of amides is 2. The Morgan fingerprint density at radius 1 is 1.03 bits per heavy atom. The second kappa shape index (κ2) is 11.0. The first kappa shape index (κ1) is 26.2. The molecule has 0 aliphatic heterocycles. The molecule has 0 radical (unpaired) electrons. The van der Waals surface area contributed by atoms with Gasteiger partial charge in [0.1, 0.15) is 17.3 Å². The second-order valence-corrected chi connectivity index (χ2v) is 8.97. The van der Waals surface area contributed by atoms with E-state index in [-0.39, 0.29) is 24.0 Å². The fraction of sp³-hybridized carbons (Fsp3) is 0.296. The van der Waals surface area contributed by atoms with E-state index in [1.165, 1.54) is 13.1 Å². The van der Waals surface area contributed by atoms with E-state index >= 15 is 0 Å². The Morgan fingerprint density at radius 3 is 2.54 bits per heavy atom. The Balaban J connectivity index is 1.47. The van der Waals surface area contributed by atoms with E-state index in [2.05, 4.69) is 20.9 Å². The first-order valence-electron chi connectivity index (χ1n) is 11.8. The number of pyridine rings is 1. The summed E-state index contributed by atoms with van der Waals surface area (Å²) in [6, 6.07) is 12.5. The standard InChI is InChI=1S/C27H27F3N4O3/c1-16(35)33-25-14-24(7-8-32-25)37-23-6-5-18-3-4-19(11-20(18)12-23)26(36)34-22-10-17(15-31-2)9-21(13-22)27(28,29)30/h5-10,12-14,19,31H,3-4,11,15H2,1-2H3,(H,34,36)(H,32,33,35). The van der Waals surface area contributed by atoms with Gasteiger partial charge in [0.05, 0.1) is 5.56 Å². The van der Waals surface area contributed by atoms with Gasteiger partial charge >= 0.3 is 6.18 Å². The van der Waals surface area contributed by atoms with Gasteiger partial charge in [0.2, 0.25) is 11.8 Å². The average molecular weight is 513 g/mol. The normalized spacial score (nSPS) is 15.0. The Morgan fingerprint density at radius 2 is 1.81 bits per heavy atom. The monoisotopic (exact) mass is 512 g/mol. The lowest BCUT2D eigenvalue weighted by atomic mass is 9.83. The van der Waals surface area contributed by atoms with Gasteiger partial charge in [-0.2, -0.15) is 13.2 Å². The number of aromatic nitrogens is 1. The quantitative estimate of drug-likeness (QED) is 0.399. The Kier molecular flexibility index (Phi) is 7.77. The van der Waals surface area contributed by atoms with Crippen LogP contribution in [-0.2, 0) is 35.2 Å². The highest BCUT2D eigenvalue weighted by Gasteiger charge is 2.32. The molecule has 1 heterocycles. The van der Waals surface area contributed by atoms with Crippen molar-refractivity contribution in [3.05, 3.63) is 77.0 Å². The SMILES string of the molecule is CNCc1cc(NC(=O)C2CCc3ccc(Oc4ccnc(NC(C)=O)c4)cc3C2)cc(C(F)(F)F)c1. The third kappa shape index (κ3) is 6.85. The van der Waals surface area contributed by atoms with Crippen LogP contribution >= 0.6 is 0 Å². The van der Waals surface area contributed by atoms with Crippen LogP contribution in [0.3, 0.4) is 0 Å². The summed E-state index contributed by atoms with van der Waals surface area (Å²) < 4.78 is 46.0. The van der Waals surface area contributed by atoms with E-state index < -0.39 is 17.7 Å². The number of alkyl halides is 3. The van der Waals surface area contributed by atoms with Crippen LogP contribution in [0.4, 0.5) is 24.7 Å². The first-order valence-corrected chi connectivity index (χ1v) is 11.8. The maximum absolute atomic E-state index is 13.4. The molecule has 194 valence electrons. The molecule has 3 aromatic rings. The number of halogens is 3. The van der Waals surface area contributed by atoms with E-state index in [1.54, 1.807) is 25.2 Å². The van der Waals surface area contributed by atoms with Crippen LogP contribution in [0.1, 0.15) is 35.6 Å². The van der Waals surface area contributed by atoms with Gasteiger partial charge in [-0.05, 0) is 79.4 Å². The minimum absolute atomic E-state index is 0.126. The molecule has 10 heteroatoms. The first-order chi connectivity index (χ1) is 17.6. The minimum Gasteiger partial charge on any atom is -0.457 e. The number of ether oxygens (including phenoxy) is 1. The molecular formula is C27H27F3N4O3. The number of carbonyl (C=O) groups is 2. The molecule has 1 aromatic heterocycles. The number of nitrogens with zero attached hydrogens (tertiary/aromatic N) is 1. The summed E-state index contributed by atoms with van der Waals surface area (Å²) >= 11 is 0. The number of hydrogen-bond acceptors (Lipinski definition) is 5. The van der Waals surface area contributed by atoms with E-state index in [0.29, 0.717) is 42.1 Å². The fourth-order valence-corrected chi connectivity index (χ4v) is 4.36. The summed E-state index contributed by atoms with van der Waals surface area (Å²) in [5.74, 6) is 0.469. The number of carbonyl (C=O) groups excluding carboxylic acids is 2. The number of hydrogen-bond donors (Lipinski definition) is 3. The van der Waals surface area contributed by atoms with E-state index in [1.807, 2.05) is 18.2 Å². The van der Waals surface area contributed by atoms with Crippen LogP contribution < -0.4 is 20.7 Å². The fourth-order valence-electron chi connectivity index (χ4n) is 4.36. The van der Waals surface area contributed by atoms with Crippen LogP contribution in [0.2, 0.25) is 0 Å². The summed E-state index contributed by atoms with van der Waals surface area (Å²) in [5, 5.41) is 8.13. The largest absolute Gasteiger partial charge is 0.457 e. The summed E-state index contributed by atoms with van der Waals surface area (Å²) in [6.07, 6.45) is -1.29. The van der Waals surface area contributed by atoms with Gasteiger partial charge in [-0.25, -0.2) is 4.98 Å². The number of rotatable bonds is 7. The van der Waals surface area contributed by atoms with Crippen LogP contribution in [0, 0.1) is 5.92 Å². The molecule has 2 aromatic carbocycles. The van der Waals surface area contributed by atoms with E-state index in [0.717, 1.165) is 23.3 Å². The molecule has 1 aliphatic carbocycles. The van der Waals surface area contributed by atoms with Crippen molar-refractivity contribution in [1.82, 2.24) is 10.3 Å². The molecule has 1 atom stereocenters. The van der Waals surface area contributed by atoms with Crippen molar-refractivity contribution in [2.45, 2.75) is 38.9 Å². The number of anilines is 2. The summed E-state index contributed by atoms with van der Waals surface area (Å²) in [6.45, 7) is 1.63. The second-order valence-electron chi connectivity index (χ2n) is 8.97. The van der Waals surface area contributed by atoms with E-state index in [9.17, 15) is 22.8 Å². The third-order valence-corrected chi connectivity index (χ3v) is 6.02. The predicted octanol–water partition coefficient (Wildman–Crippen LogP) is 5.31. The summed E-state index contributed by atoms with van der Waals surface area (Å²) in [4.78, 5) is 28.4. The van der Waals surface area contributed by atoms with Gasteiger partial charge in [0.15, 0.2) is 0 Å². The Hall–Kier alpha value is -3.92. The van der Waals surface area contributed by atoms with Crippen molar-refractivity contribution in [2.24, 2.45) is 5.92 Å². The molecule has 0 fully saturated rings. The lowest BCUT2D eigenvalue weighted by molar-refractivity contribution is -0.137. The molecule has 0 saturated heterocycles. The highest BCUT2D eigenvalue weighted by Crippen LogP contribution is 2.34. The topological polar surface area (TPSA) is 92.3 Å². The van der Waals surface area contributed by atoms with Gasteiger partial charge in [-0.3, -0.25) is 9.59 Å². The van der Waals surface area contributed by atoms with Gasteiger partial charge in [0.25, 0.3) is 0 Å². The third-order valence-electron chi connectivity index (χ3n) is 6.02. The van der Waals surface area contributed by atoms with E-state index in [4.69, 9.17) is 4.74 Å². The van der Waals surface area contributed by atoms with Crippen LogP contribution in [0.5, 0.6) is 11.5 Å². The van der Waals surface area contributed by atoms with Crippen molar-refractivity contribution in [1.29, 1.82) is 0 Å². The molecule has 7 nitrogen and oxygen atoms in total. The molecule has 1 aliphatic rings. The number of nitrogens with one attached hydrogen (secondary N) is 3. The maximum atomic E-state index is 13.4. The Labute approximate surface area is 212 Å². The van der Waals surface area contributed by atoms with Gasteiger partial charge in [0, 0.05) is 37.3 Å². The van der Waals surface area contributed by atoms with Crippen molar-refractivity contribution in [3.63, 3.8) is 0 Å². The van der Waals surface area contributed by atoms with Crippen molar-refractivity contribution < 1.29 is 27.5 Å². The van der Waals surface area contributed by atoms with Crippen molar-refractivity contribution in [3.8, 4) is 11.5 Å². The van der Waals surface area contributed by atoms with Crippen LogP contribution in [0.25, 0.3) is 0 Å². The molecule has 37 heavy (non-hydrogen) atoms. The molecule has 2 amide bonds. The predicted molar refractivity (Wildman–Crippen MR) is 133 cm³/mol. The molecule has 4 rings (SSSR count). The summed E-state index contributed by atoms with van der Waals surface area (Å²) in [5.41, 5.74) is 1.80. The van der Waals surface area contributed by atoms with Gasteiger partial charge in [-0.15, -0.1) is 0 Å². The highest BCUT2D eigenvalue weighted by molar-refractivity contribution is 5.93. The lowest BCUT2D eigenvalue weighted by Crippen LogP contribution is -2.28. The van der Waals surface area contributed by atoms with Gasteiger partial charge in [-0.1, -0.05) is 6.07 Å². The zero-order valence-corrected chi connectivity index (χ0v) is 20.4. The zero-order chi connectivity index (χ0) is 26.6. The smallest absolute Gasteiger partial charge is 0.416 e. The Bertz CT molecular complexity index is 1310. The van der Waals surface area contributed by atoms with Crippen LogP contribution in [-0.4, -0.2) is 23.8 Å². The molecule has 0 bridgehead atoms. The van der Waals surface area contributed by atoms with Gasteiger partial charge < -0.3 is 20.7 Å². The molecule has 1 unspecified atom stereocenters. The maximum Gasteiger partial charge on any atom is 0.416 e. The summed E-state index contributed by atoms with van der Waals surface area (Å²) in [7, 11) is 1.65. The average Bonchev–Trinajstić information content (AvgIpc) is 2.83. The van der Waals surface area contributed by atoms with Crippen molar-refractivity contribution in [2.75, 3.05) is 17.7 Å². The lowest BCUT2D eigenvalue weighted by Gasteiger charge is -2.25. The molecule has 3 N–H and O–H groups in total. The van der Waals surface area contributed by atoms with Crippen molar-refractivity contribution >= 4 is 23.3 Å². The molecule has 0 spiro atoms. The number of fused-ring (bicyclic) bond motifs is 1. The highest BCUT2D eigenvalue weighted by atomic mass is 19.4. The number of aryl methyl sites for hydroxylation is 1. The number of benzene rings is 2. The zero-order valence-electron chi connectivity index (χ0n) is 20.4. The molecular weight excluding hydrogens is 485 g/mol.